The van der Waals surface area contributed by atoms with Gasteiger partial charge in [-0.05, 0) is 24.0 Å². The van der Waals surface area contributed by atoms with Crippen LogP contribution in [0.3, 0.4) is 0 Å². The predicted molar refractivity (Wildman–Crippen MR) is 87.4 cm³/mol. The summed E-state index contributed by atoms with van der Waals surface area (Å²) in [6.07, 6.45) is 0.803. The molecule has 0 aromatic heterocycles. The number of carbonyl (C=O) groups is 1. The van der Waals surface area contributed by atoms with Crippen molar-refractivity contribution in [1.29, 1.82) is 0 Å². The van der Waals surface area contributed by atoms with Gasteiger partial charge in [0.05, 0.1) is 11.7 Å². The molecule has 2 rings (SSSR count). The molecule has 0 fully saturated rings. The number of methoxy groups -OCH3 is 1. The molecule has 7 heteroatoms. The van der Waals surface area contributed by atoms with Gasteiger partial charge in [0.1, 0.15) is 14.5 Å². The molecule has 0 saturated heterocycles. The molecular formula is C16H19BO5S. The third-order valence-corrected chi connectivity index (χ3v) is 5.77. The van der Waals surface area contributed by atoms with Crippen molar-refractivity contribution in [3.05, 3.63) is 46.9 Å². The van der Waals surface area contributed by atoms with Crippen molar-refractivity contribution in [3.63, 3.8) is 0 Å². The number of sulfone groups is 1. The van der Waals surface area contributed by atoms with Crippen molar-refractivity contribution in [2.45, 2.75) is 37.1 Å². The Morgan fingerprint density at radius 2 is 2.04 bits per heavy atom. The van der Waals surface area contributed by atoms with Gasteiger partial charge < -0.3 is 9.47 Å². The number of carbonyl (C=O) groups excluding carboxylic acids is 1. The van der Waals surface area contributed by atoms with Gasteiger partial charge in [-0.15, -0.1) is 0 Å². The molecule has 0 saturated carbocycles. The van der Waals surface area contributed by atoms with E-state index in [0.29, 0.717) is 18.4 Å². The minimum atomic E-state index is -3.52. The average Bonchev–Trinajstić information content (AvgIpc) is 2.52. The average molecular weight is 334 g/mol. The Morgan fingerprint density at radius 1 is 1.35 bits per heavy atom. The van der Waals surface area contributed by atoms with Crippen LogP contribution < -0.4 is 0 Å². The Kier molecular flexibility index (Phi) is 6.01. The molecule has 1 aromatic carbocycles. The fourth-order valence-electron chi connectivity index (χ4n) is 2.48. The lowest BCUT2D eigenvalue weighted by Crippen LogP contribution is -2.37. The van der Waals surface area contributed by atoms with Gasteiger partial charge in [-0.3, -0.25) is 4.79 Å². The van der Waals surface area contributed by atoms with E-state index >= 15 is 0 Å². The molecule has 0 aliphatic carbocycles. The molecule has 1 aliphatic heterocycles. The second-order valence-corrected chi connectivity index (χ2v) is 7.48. The summed E-state index contributed by atoms with van der Waals surface area (Å²) >= 11 is 0. The van der Waals surface area contributed by atoms with E-state index in [2.05, 4.69) is 0 Å². The molecule has 23 heavy (non-hydrogen) atoms. The number of hydrogen-bond donors (Lipinski definition) is 0. The molecule has 0 N–H and O–H groups in total. The minimum Gasteiger partial charge on any atom is -0.461 e. The normalized spacial score (nSPS) is 21.3. The number of ether oxygens (including phenoxy) is 2. The highest BCUT2D eigenvalue weighted by molar-refractivity contribution is 7.95. The molecule has 1 aliphatic rings. The third kappa shape index (κ3) is 4.94. The van der Waals surface area contributed by atoms with E-state index in [4.69, 9.17) is 17.3 Å². The highest BCUT2D eigenvalue weighted by Gasteiger charge is 2.33. The van der Waals surface area contributed by atoms with Gasteiger partial charge in [-0.2, -0.15) is 0 Å². The summed E-state index contributed by atoms with van der Waals surface area (Å²) in [6, 6.07) is 8.45. The lowest BCUT2D eigenvalue weighted by atomic mass is 9.92. The summed E-state index contributed by atoms with van der Waals surface area (Å²) in [5.74, 6) is -0.440. The van der Waals surface area contributed by atoms with Crippen molar-refractivity contribution in [1.82, 2.24) is 0 Å². The van der Waals surface area contributed by atoms with Crippen LogP contribution in [0.25, 0.3) is 0 Å². The number of hydrogen-bond acceptors (Lipinski definition) is 5. The SMILES string of the molecule is [B][C@H](OC)C1CCC(CC(=O)OCc2ccccc2)=CS1(=O)=O. The summed E-state index contributed by atoms with van der Waals surface area (Å²) in [6.45, 7) is 0.177. The van der Waals surface area contributed by atoms with Crippen molar-refractivity contribution < 1.29 is 22.7 Å². The highest BCUT2D eigenvalue weighted by atomic mass is 32.2. The maximum atomic E-state index is 12.2. The maximum absolute atomic E-state index is 12.2. The van der Waals surface area contributed by atoms with Crippen LogP contribution in [0.5, 0.6) is 0 Å². The van der Waals surface area contributed by atoms with E-state index in [-0.39, 0.29) is 13.0 Å². The van der Waals surface area contributed by atoms with Gasteiger partial charge in [0.15, 0.2) is 9.84 Å². The Balaban J connectivity index is 1.93. The van der Waals surface area contributed by atoms with E-state index in [1.165, 1.54) is 7.11 Å². The first-order valence-corrected chi connectivity index (χ1v) is 8.94. The monoisotopic (exact) mass is 334 g/mol. The Morgan fingerprint density at radius 3 is 2.65 bits per heavy atom. The molecule has 122 valence electrons. The molecular weight excluding hydrogens is 315 g/mol. The molecule has 0 amide bonds. The fourth-order valence-corrected chi connectivity index (χ4v) is 4.25. The van der Waals surface area contributed by atoms with Crippen molar-refractivity contribution >= 4 is 23.7 Å². The summed E-state index contributed by atoms with van der Waals surface area (Å²) < 4.78 is 34.4. The molecule has 1 aromatic rings. The molecule has 0 bridgehead atoms. The van der Waals surface area contributed by atoms with Crippen molar-refractivity contribution in [3.8, 4) is 0 Å². The summed E-state index contributed by atoms with van der Waals surface area (Å²) in [5, 5.41) is 0.376. The van der Waals surface area contributed by atoms with Gasteiger partial charge in [0.25, 0.3) is 0 Å². The quantitative estimate of drug-likeness (QED) is 0.585. The minimum absolute atomic E-state index is 0.0268. The zero-order valence-corrected chi connectivity index (χ0v) is 13.8. The second-order valence-electron chi connectivity index (χ2n) is 5.47. The van der Waals surface area contributed by atoms with E-state index < -0.39 is 27.1 Å². The first-order valence-electron chi connectivity index (χ1n) is 7.33. The van der Waals surface area contributed by atoms with Crippen LogP contribution in [-0.4, -0.2) is 40.6 Å². The predicted octanol–water partition coefficient (Wildman–Crippen LogP) is 1.72. The first-order chi connectivity index (χ1) is 10.9. The molecule has 1 unspecified atom stereocenters. The first kappa shape index (κ1) is 17.8. The largest absolute Gasteiger partial charge is 0.461 e. The van der Waals surface area contributed by atoms with Crippen LogP contribution in [0.1, 0.15) is 24.8 Å². The lowest BCUT2D eigenvalue weighted by molar-refractivity contribution is -0.144. The molecule has 0 spiro atoms. The van der Waals surface area contributed by atoms with E-state index in [1.54, 1.807) is 0 Å². The van der Waals surface area contributed by atoms with Crippen LogP contribution >= 0.6 is 0 Å². The zero-order valence-electron chi connectivity index (χ0n) is 13.0. The fraction of sp³-hybridized carbons (Fsp3) is 0.438. The van der Waals surface area contributed by atoms with Crippen LogP contribution in [0.4, 0.5) is 0 Å². The molecule has 2 radical (unpaired) electrons. The van der Waals surface area contributed by atoms with Gasteiger partial charge in [-0.1, -0.05) is 30.3 Å². The van der Waals surface area contributed by atoms with E-state index in [1.807, 2.05) is 30.3 Å². The Labute approximate surface area is 138 Å². The Hall–Kier alpha value is -1.60. The van der Waals surface area contributed by atoms with Crippen LogP contribution in [0.2, 0.25) is 0 Å². The molecule has 2 atom stereocenters. The number of benzene rings is 1. The van der Waals surface area contributed by atoms with Crippen LogP contribution in [0.15, 0.2) is 41.3 Å². The second kappa shape index (κ2) is 7.79. The lowest BCUT2D eigenvalue weighted by Gasteiger charge is -2.26. The topological polar surface area (TPSA) is 69.7 Å². The van der Waals surface area contributed by atoms with E-state index in [0.717, 1.165) is 11.0 Å². The highest BCUT2D eigenvalue weighted by Crippen LogP contribution is 2.27. The summed E-state index contributed by atoms with van der Waals surface area (Å²) in [4.78, 5) is 11.9. The van der Waals surface area contributed by atoms with Gasteiger partial charge in [0.2, 0.25) is 0 Å². The van der Waals surface area contributed by atoms with E-state index in [9.17, 15) is 13.2 Å². The maximum Gasteiger partial charge on any atom is 0.310 e. The van der Waals surface area contributed by atoms with Gasteiger partial charge in [0, 0.05) is 18.5 Å². The molecule has 1 heterocycles. The number of rotatable bonds is 6. The van der Waals surface area contributed by atoms with Gasteiger partial charge >= 0.3 is 5.97 Å². The third-order valence-electron chi connectivity index (χ3n) is 3.76. The van der Waals surface area contributed by atoms with Gasteiger partial charge in [-0.25, -0.2) is 8.42 Å². The van der Waals surface area contributed by atoms with Crippen molar-refractivity contribution in [2.24, 2.45) is 0 Å². The summed E-state index contributed by atoms with van der Waals surface area (Å²) in [7, 11) is 3.52. The summed E-state index contributed by atoms with van der Waals surface area (Å²) in [5.41, 5.74) is 1.43. The zero-order chi connectivity index (χ0) is 16.9. The smallest absolute Gasteiger partial charge is 0.310 e. The van der Waals surface area contributed by atoms with Crippen molar-refractivity contribution in [2.75, 3.05) is 7.11 Å². The standard InChI is InChI=1S/C16H19BO5S/c1-21-16(17)14-8-7-13(11-23(14,19)20)9-15(18)22-10-12-5-3-2-4-6-12/h2-6,11,14,16H,7-10H2,1H3/t14?,16-/m1/s1. The Bertz CT molecular complexity index is 669. The van der Waals surface area contributed by atoms with Crippen LogP contribution in [-0.2, 0) is 30.7 Å². The van der Waals surface area contributed by atoms with Crippen LogP contribution in [0, 0.1) is 0 Å². The number of esters is 1. The molecule has 5 nitrogen and oxygen atoms in total.